The van der Waals surface area contributed by atoms with E-state index in [0.717, 1.165) is 0 Å². The normalized spacial score (nSPS) is 16.1. The SMILES string of the molecule is CN(C)CCN(C)C(=O)c1cc(Oc2c(N)cccc2C(=O)N2CCC(C(=O)O)CC2)cc(N)c1Oc1cc(N)c(O)c(C(=O)N2CCCC(C(=O)O)C2)c1. The van der Waals surface area contributed by atoms with Crippen LogP contribution in [0.5, 0.6) is 28.7 Å². The van der Waals surface area contributed by atoms with Crippen LogP contribution in [0.15, 0.2) is 42.5 Å². The van der Waals surface area contributed by atoms with Crippen molar-refractivity contribution < 1.29 is 48.8 Å². The lowest BCUT2D eigenvalue weighted by Gasteiger charge is -2.31. The molecule has 0 saturated carbocycles. The molecule has 3 amide bonds. The predicted molar refractivity (Wildman–Crippen MR) is 202 cm³/mol. The number of likely N-dealkylation sites (N-methyl/N-ethyl adjacent to an activating group) is 2. The highest BCUT2D eigenvalue weighted by Crippen LogP contribution is 2.42. The van der Waals surface area contributed by atoms with E-state index in [2.05, 4.69) is 0 Å². The number of nitrogens with zero attached hydrogens (tertiary/aromatic N) is 4. The Morgan fingerprint density at radius 2 is 1.29 bits per heavy atom. The number of anilines is 3. The minimum absolute atomic E-state index is 0.0117. The first-order valence-corrected chi connectivity index (χ1v) is 17.8. The molecule has 2 heterocycles. The average molecular weight is 762 g/mol. The van der Waals surface area contributed by atoms with Crippen LogP contribution in [0, 0.1) is 11.8 Å². The van der Waals surface area contributed by atoms with Gasteiger partial charge in [0.25, 0.3) is 17.7 Å². The molecule has 17 heteroatoms. The largest absolute Gasteiger partial charge is 0.505 e. The van der Waals surface area contributed by atoms with Crippen LogP contribution in [-0.4, -0.2) is 125 Å². The van der Waals surface area contributed by atoms with Crippen LogP contribution in [0.25, 0.3) is 0 Å². The monoisotopic (exact) mass is 761 g/mol. The standard InChI is InChI=1S/C38H47N7O10/c1-42(2)14-15-43(3)34(47)27-17-24(54-32-25(7-4-8-28(32)39)35(48)44-12-9-21(10-13-44)37(50)51)19-30(41)33(27)55-23-16-26(31(46)29(40)18-23)36(49)45-11-5-6-22(20-45)38(52)53/h4,7-8,16-19,21-22,46H,5-6,9-15,20,39-41H2,1-3H3,(H,50,51)(H,52,53). The third kappa shape index (κ3) is 9.12. The molecule has 3 aromatic carbocycles. The number of carbonyl (C=O) groups excluding carboxylic acids is 3. The molecule has 0 aromatic heterocycles. The number of piperidine rings is 2. The topological polar surface area (TPSA) is 256 Å². The summed E-state index contributed by atoms with van der Waals surface area (Å²) in [6, 6.07) is 9.95. The van der Waals surface area contributed by atoms with Crippen molar-refractivity contribution in [3.63, 3.8) is 0 Å². The highest BCUT2D eigenvalue weighted by atomic mass is 16.5. The molecule has 55 heavy (non-hydrogen) atoms. The molecule has 9 N–H and O–H groups in total. The van der Waals surface area contributed by atoms with E-state index in [-0.39, 0.29) is 82.9 Å². The van der Waals surface area contributed by atoms with Crippen LogP contribution in [0.2, 0.25) is 0 Å². The maximum Gasteiger partial charge on any atom is 0.308 e. The number of rotatable bonds is 12. The summed E-state index contributed by atoms with van der Waals surface area (Å²) in [6.45, 7) is 1.54. The molecule has 1 atom stereocenters. The number of carbonyl (C=O) groups is 5. The summed E-state index contributed by atoms with van der Waals surface area (Å²) < 4.78 is 12.4. The van der Waals surface area contributed by atoms with Gasteiger partial charge in [-0.3, -0.25) is 24.0 Å². The summed E-state index contributed by atoms with van der Waals surface area (Å²) >= 11 is 0. The molecule has 0 bridgehead atoms. The van der Waals surface area contributed by atoms with Gasteiger partial charge >= 0.3 is 11.9 Å². The first-order chi connectivity index (χ1) is 26.0. The number of nitrogen functional groups attached to an aromatic ring is 3. The second-order valence-electron chi connectivity index (χ2n) is 14.1. The lowest BCUT2D eigenvalue weighted by Crippen LogP contribution is -2.42. The van der Waals surface area contributed by atoms with Crippen molar-refractivity contribution >= 4 is 46.7 Å². The zero-order valence-electron chi connectivity index (χ0n) is 31.0. The molecule has 2 aliphatic heterocycles. The van der Waals surface area contributed by atoms with E-state index in [1.807, 2.05) is 19.0 Å². The van der Waals surface area contributed by atoms with Gasteiger partial charge in [-0.2, -0.15) is 0 Å². The van der Waals surface area contributed by atoms with Crippen molar-refractivity contribution in [2.75, 3.05) is 77.6 Å². The number of aliphatic carboxylic acids is 2. The van der Waals surface area contributed by atoms with Crippen molar-refractivity contribution in [3.8, 4) is 28.7 Å². The van der Waals surface area contributed by atoms with E-state index in [1.165, 1.54) is 34.1 Å². The Kier molecular flexibility index (Phi) is 12.2. The molecule has 2 fully saturated rings. The highest BCUT2D eigenvalue weighted by molar-refractivity contribution is 6.01. The molecular weight excluding hydrogens is 714 g/mol. The van der Waals surface area contributed by atoms with E-state index in [0.29, 0.717) is 38.8 Å². The Morgan fingerprint density at radius 3 is 1.91 bits per heavy atom. The number of para-hydroxylation sites is 1. The molecular formula is C38H47N7O10. The van der Waals surface area contributed by atoms with Gasteiger partial charge in [0.1, 0.15) is 11.5 Å². The summed E-state index contributed by atoms with van der Waals surface area (Å²) in [6.07, 6.45) is 1.48. The molecule has 2 aliphatic rings. The smallest absolute Gasteiger partial charge is 0.308 e. The Hall–Kier alpha value is -6.23. The quantitative estimate of drug-likeness (QED) is 0.115. The molecule has 0 radical (unpaired) electrons. The number of carboxylic acid groups (broad SMARTS) is 2. The number of nitrogens with two attached hydrogens (primary N) is 3. The molecule has 17 nitrogen and oxygen atoms in total. The molecule has 0 spiro atoms. The van der Waals surface area contributed by atoms with Gasteiger partial charge in [0, 0.05) is 58.4 Å². The second-order valence-corrected chi connectivity index (χ2v) is 14.1. The Morgan fingerprint density at radius 1 is 0.709 bits per heavy atom. The molecule has 294 valence electrons. The third-order valence-electron chi connectivity index (χ3n) is 9.80. The molecule has 3 aromatic rings. The van der Waals surface area contributed by atoms with Crippen molar-refractivity contribution in [1.82, 2.24) is 19.6 Å². The van der Waals surface area contributed by atoms with E-state index in [9.17, 15) is 39.3 Å². The van der Waals surface area contributed by atoms with E-state index in [4.69, 9.17) is 26.7 Å². The Labute approximate surface area is 317 Å². The Bertz CT molecular complexity index is 1980. The number of phenols is 1. The van der Waals surface area contributed by atoms with Crippen molar-refractivity contribution in [2.24, 2.45) is 11.8 Å². The summed E-state index contributed by atoms with van der Waals surface area (Å²) in [5.74, 6) is -5.39. The number of aromatic hydroxyl groups is 1. The lowest BCUT2D eigenvalue weighted by molar-refractivity contribution is -0.144. The van der Waals surface area contributed by atoms with E-state index in [1.54, 1.807) is 30.1 Å². The number of ether oxygens (including phenoxy) is 2. The molecule has 1 unspecified atom stereocenters. The summed E-state index contributed by atoms with van der Waals surface area (Å²) in [4.78, 5) is 70.6. The van der Waals surface area contributed by atoms with Crippen LogP contribution in [-0.2, 0) is 9.59 Å². The van der Waals surface area contributed by atoms with Gasteiger partial charge in [-0.05, 0) is 64.0 Å². The number of carboxylic acids is 2. The molecule has 5 rings (SSSR count). The van der Waals surface area contributed by atoms with Crippen LogP contribution in [0.3, 0.4) is 0 Å². The van der Waals surface area contributed by atoms with Gasteiger partial charge < -0.3 is 61.6 Å². The van der Waals surface area contributed by atoms with Crippen LogP contribution in [0.1, 0.15) is 56.8 Å². The Balaban J connectivity index is 1.50. The lowest BCUT2D eigenvalue weighted by atomic mass is 9.96. The first-order valence-electron chi connectivity index (χ1n) is 17.8. The maximum atomic E-state index is 14.1. The minimum Gasteiger partial charge on any atom is -0.505 e. The number of amides is 3. The highest BCUT2D eigenvalue weighted by Gasteiger charge is 2.32. The van der Waals surface area contributed by atoms with E-state index >= 15 is 0 Å². The van der Waals surface area contributed by atoms with Crippen LogP contribution < -0.4 is 26.7 Å². The van der Waals surface area contributed by atoms with Crippen molar-refractivity contribution in [3.05, 3.63) is 59.2 Å². The number of hydrogen-bond acceptors (Lipinski definition) is 12. The fourth-order valence-electron chi connectivity index (χ4n) is 6.57. The van der Waals surface area contributed by atoms with Crippen LogP contribution in [0.4, 0.5) is 17.1 Å². The van der Waals surface area contributed by atoms with Gasteiger partial charge in [-0.25, -0.2) is 0 Å². The minimum atomic E-state index is -1.02. The first kappa shape index (κ1) is 40.0. The zero-order valence-corrected chi connectivity index (χ0v) is 31.0. The zero-order chi connectivity index (χ0) is 40.1. The molecule has 0 aliphatic carbocycles. The van der Waals surface area contributed by atoms with Crippen molar-refractivity contribution in [2.45, 2.75) is 25.7 Å². The summed E-state index contributed by atoms with van der Waals surface area (Å²) in [7, 11) is 5.31. The van der Waals surface area contributed by atoms with Gasteiger partial charge in [-0.1, -0.05) is 6.07 Å². The van der Waals surface area contributed by atoms with E-state index < -0.39 is 47.2 Å². The average Bonchev–Trinajstić information content (AvgIpc) is 3.16. The van der Waals surface area contributed by atoms with Crippen molar-refractivity contribution in [1.29, 1.82) is 0 Å². The van der Waals surface area contributed by atoms with Crippen LogP contribution >= 0.6 is 0 Å². The molecule has 2 saturated heterocycles. The number of likely N-dealkylation sites (tertiary alicyclic amines) is 2. The van der Waals surface area contributed by atoms with Gasteiger partial charge in [0.05, 0.1) is 45.6 Å². The number of phenolic OH excluding ortho intramolecular Hbond substituents is 1. The maximum absolute atomic E-state index is 14.1. The third-order valence-corrected chi connectivity index (χ3v) is 9.80. The second kappa shape index (κ2) is 16.8. The number of hydrogen-bond donors (Lipinski definition) is 6. The van der Waals surface area contributed by atoms with Gasteiger partial charge in [-0.15, -0.1) is 0 Å². The summed E-state index contributed by atoms with van der Waals surface area (Å²) in [5.41, 5.74) is 18.7. The van der Waals surface area contributed by atoms with Gasteiger partial charge in [0.15, 0.2) is 17.2 Å². The fourth-order valence-corrected chi connectivity index (χ4v) is 6.57. The fraction of sp³-hybridized carbons (Fsp3) is 0.395. The number of benzene rings is 3. The van der Waals surface area contributed by atoms with Gasteiger partial charge in [0.2, 0.25) is 0 Å². The predicted octanol–water partition coefficient (Wildman–Crippen LogP) is 3.23. The summed E-state index contributed by atoms with van der Waals surface area (Å²) in [5, 5.41) is 29.7.